The van der Waals surface area contributed by atoms with Crippen LogP contribution in [0.25, 0.3) is 0 Å². The normalized spacial score (nSPS) is 19.2. The molecule has 2 amide bonds. The zero-order valence-corrected chi connectivity index (χ0v) is 18.4. The fraction of sp³-hybridized carbons (Fsp3) is 0.364. The van der Waals surface area contributed by atoms with Gasteiger partial charge in [0.05, 0.1) is 24.6 Å². The lowest BCUT2D eigenvalue weighted by Gasteiger charge is -2.44. The zero-order valence-electron chi connectivity index (χ0n) is 17.5. The SMILES string of the molecule is CNC(=O)c1ccc(N2C(S)N(c3cnc(C#N)c(C)c3)C(=O)C23CCC3)cc1OC. The molecule has 0 bridgehead atoms. The first-order valence-corrected chi connectivity index (χ1v) is 10.5. The Morgan fingerprint density at radius 3 is 2.65 bits per heavy atom. The van der Waals surface area contributed by atoms with Crippen LogP contribution in [0.4, 0.5) is 11.4 Å². The minimum atomic E-state index is -0.701. The van der Waals surface area contributed by atoms with Gasteiger partial charge in [-0.2, -0.15) is 5.26 Å². The highest BCUT2D eigenvalue weighted by molar-refractivity contribution is 7.81. The molecule has 1 saturated carbocycles. The van der Waals surface area contributed by atoms with Crippen LogP contribution in [0.1, 0.15) is 40.9 Å². The summed E-state index contributed by atoms with van der Waals surface area (Å²) in [4.78, 5) is 33.6. The smallest absolute Gasteiger partial charge is 0.255 e. The molecule has 0 radical (unpaired) electrons. The molecular formula is C22H23N5O3S. The van der Waals surface area contributed by atoms with Crippen LogP contribution in [-0.2, 0) is 4.79 Å². The number of amides is 2. The van der Waals surface area contributed by atoms with Gasteiger partial charge >= 0.3 is 0 Å². The van der Waals surface area contributed by atoms with Crippen LogP contribution in [0.15, 0.2) is 30.5 Å². The van der Waals surface area contributed by atoms with E-state index < -0.39 is 11.0 Å². The number of nitrogens with one attached hydrogen (secondary N) is 1. The van der Waals surface area contributed by atoms with Crippen LogP contribution in [0.5, 0.6) is 5.75 Å². The zero-order chi connectivity index (χ0) is 22.3. The first kappa shape index (κ1) is 21.0. The Kier molecular flexibility index (Phi) is 5.27. The standard InChI is InChI=1S/C22H23N5O3S/c1-13-9-15(12-25-17(13)11-23)26-20(29)22(7-4-8-22)27(21(26)31)14-5-6-16(19(28)24-2)18(10-14)30-3/h5-6,9-10,12,21,31H,4,7-8H2,1-3H3,(H,24,28). The highest BCUT2D eigenvalue weighted by atomic mass is 32.1. The first-order valence-electron chi connectivity index (χ1n) is 9.96. The number of thiol groups is 1. The van der Waals surface area contributed by atoms with Gasteiger partial charge in [0.1, 0.15) is 23.1 Å². The Bertz CT molecular complexity index is 1110. The second kappa shape index (κ2) is 7.78. The van der Waals surface area contributed by atoms with Gasteiger partial charge in [-0.25, -0.2) is 4.98 Å². The van der Waals surface area contributed by atoms with Gasteiger partial charge in [0.25, 0.3) is 11.8 Å². The van der Waals surface area contributed by atoms with Gasteiger partial charge in [0, 0.05) is 18.8 Å². The van der Waals surface area contributed by atoms with Crippen LogP contribution in [0.3, 0.4) is 0 Å². The number of hydrogen-bond donors (Lipinski definition) is 2. The van der Waals surface area contributed by atoms with Gasteiger partial charge in [-0.05, 0) is 49.9 Å². The van der Waals surface area contributed by atoms with Crippen molar-refractivity contribution < 1.29 is 14.3 Å². The largest absolute Gasteiger partial charge is 0.496 e. The Morgan fingerprint density at radius 2 is 2.10 bits per heavy atom. The molecule has 1 spiro atoms. The lowest BCUT2D eigenvalue weighted by molar-refractivity contribution is -0.124. The van der Waals surface area contributed by atoms with Crippen molar-refractivity contribution in [2.24, 2.45) is 0 Å². The molecule has 1 aliphatic heterocycles. The first-order chi connectivity index (χ1) is 14.9. The number of nitrogens with zero attached hydrogens (tertiary/aromatic N) is 4. The van der Waals surface area contributed by atoms with Gasteiger partial charge in [-0.3, -0.25) is 14.5 Å². The van der Waals surface area contributed by atoms with Gasteiger partial charge in [0.15, 0.2) is 5.50 Å². The predicted octanol–water partition coefficient (Wildman–Crippen LogP) is 2.62. The van der Waals surface area contributed by atoms with Crippen LogP contribution in [-0.4, -0.2) is 42.0 Å². The molecule has 4 rings (SSSR count). The number of aromatic nitrogens is 1. The topological polar surface area (TPSA) is 98.6 Å². The molecular weight excluding hydrogens is 414 g/mol. The van der Waals surface area contributed by atoms with Gasteiger partial charge in [0.2, 0.25) is 0 Å². The molecule has 1 atom stereocenters. The summed E-state index contributed by atoms with van der Waals surface area (Å²) >= 11 is 4.82. The molecule has 8 nitrogen and oxygen atoms in total. The van der Waals surface area contributed by atoms with Crippen molar-refractivity contribution in [2.45, 2.75) is 37.2 Å². The summed E-state index contributed by atoms with van der Waals surface area (Å²) < 4.78 is 5.45. The number of hydrogen-bond acceptors (Lipinski definition) is 7. The average Bonchev–Trinajstić information content (AvgIpc) is 2.99. The van der Waals surface area contributed by atoms with E-state index in [1.54, 1.807) is 37.1 Å². The minimum Gasteiger partial charge on any atom is -0.496 e. The molecule has 9 heteroatoms. The van der Waals surface area contributed by atoms with Crippen LogP contribution < -0.4 is 19.9 Å². The maximum Gasteiger partial charge on any atom is 0.255 e. The Labute approximate surface area is 186 Å². The summed E-state index contributed by atoms with van der Waals surface area (Å²) in [7, 11) is 3.07. The molecule has 1 aliphatic carbocycles. The molecule has 1 aromatic heterocycles. The van der Waals surface area contributed by atoms with Crippen molar-refractivity contribution in [3.63, 3.8) is 0 Å². The Morgan fingerprint density at radius 1 is 1.35 bits per heavy atom. The molecule has 2 fully saturated rings. The number of benzene rings is 1. The molecule has 160 valence electrons. The van der Waals surface area contributed by atoms with E-state index in [4.69, 9.17) is 17.4 Å². The van der Waals surface area contributed by atoms with E-state index in [1.807, 2.05) is 17.0 Å². The molecule has 2 heterocycles. The third kappa shape index (κ3) is 3.10. The van der Waals surface area contributed by atoms with Crippen molar-refractivity contribution in [3.8, 4) is 11.8 Å². The fourth-order valence-electron chi connectivity index (χ4n) is 4.33. The monoisotopic (exact) mass is 437 g/mol. The summed E-state index contributed by atoms with van der Waals surface area (Å²) in [6.45, 7) is 1.79. The summed E-state index contributed by atoms with van der Waals surface area (Å²) in [5.41, 5.74) is 1.52. The van der Waals surface area contributed by atoms with Crippen LogP contribution in [0, 0.1) is 18.3 Å². The summed E-state index contributed by atoms with van der Waals surface area (Å²) in [5, 5.41) is 11.8. The third-order valence-corrected chi connectivity index (χ3v) is 6.57. The third-order valence-electron chi connectivity index (χ3n) is 6.10. The minimum absolute atomic E-state index is 0.0426. The van der Waals surface area contributed by atoms with Gasteiger partial charge in [-0.15, -0.1) is 12.6 Å². The molecule has 1 saturated heterocycles. The molecule has 1 aromatic carbocycles. The summed E-state index contributed by atoms with van der Waals surface area (Å²) in [5.74, 6) is 0.134. The lowest BCUT2D eigenvalue weighted by Crippen LogP contribution is -2.55. The number of carbonyl (C=O) groups is 2. The lowest BCUT2D eigenvalue weighted by atomic mass is 9.75. The maximum absolute atomic E-state index is 13.6. The molecule has 2 aliphatic rings. The molecule has 31 heavy (non-hydrogen) atoms. The highest BCUT2D eigenvalue weighted by Gasteiger charge is 2.60. The predicted molar refractivity (Wildman–Crippen MR) is 119 cm³/mol. The van der Waals surface area contributed by atoms with Crippen LogP contribution >= 0.6 is 12.6 Å². The van der Waals surface area contributed by atoms with E-state index in [1.165, 1.54) is 13.3 Å². The second-order valence-corrected chi connectivity index (χ2v) is 8.17. The number of carbonyl (C=O) groups excluding carboxylic acids is 2. The van der Waals surface area contributed by atoms with E-state index in [0.29, 0.717) is 41.1 Å². The van der Waals surface area contributed by atoms with Gasteiger partial charge in [-0.1, -0.05) is 0 Å². The second-order valence-electron chi connectivity index (χ2n) is 7.71. The van der Waals surface area contributed by atoms with Crippen molar-refractivity contribution >= 4 is 35.8 Å². The molecule has 1 N–H and O–H groups in total. The Hall–Kier alpha value is -3.25. The summed E-state index contributed by atoms with van der Waals surface area (Å²) in [6, 6.07) is 9.12. The van der Waals surface area contributed by atoms with E-state index in [2.05, 4.69) is 10.3 Å². The quantitative estimate of drug-likeness (QED) is 0.714. The van der Waals surface area contributed by atoms with Crippen molar-refractivity contribution in [3.05, 3.63) is 47.3 Å². The number of pyridine rings is 1. The Balaban J connectivity index is 1.78. The van der Waals surface area contributed by atoms with Crippen molar-refractivity contribution in [1.29, 1.82) is 5.26 Å². The maximum atomic E-state index is 13.6. The number of anilines is 2. The number of aryl methyl sites for hydroxylation is 1. The van der Waals surface area contributed by atoms with Crippen molar-refractivity contribution in [1.82, 2.24) is 10.3 Å². The molecule has 1 unspecified atom stereocenters. The number of ether oxygens (including phenoxy) is 1. The number of methoxy groups -OCH3 is 1. The average molecular weight is 438 g/mol. The van der Waals surface area contributed by atoms with Crippen molar-refractivity contribution in [2.75, 3.05) is 24.0 Å². The van der Waals surface area contributed by atoms with Crippen LogP contribution in [0.2, 0.25) is 0 Å². The highest BCUT2D eigenvalue weighted by Crippen LogP contribution is 2.50. The fourth-order valence-corrected chi connectivity index (χ4v) is 4.92. The number of rotatable bonds is 4. The van der Waals surface area contributed by atoms with E-state index >= 15 is 0 Å². The van der Waals surface area contributed by atoms with E-state index in [-0.39, 0.29) is 11.8 Å². The summed E-state index contributed by atoms with van der Waals surface area (Å²) in [6.07, 6.45) is 3.90. The van der Waals surface area contributed by atoms with E-state index in [0.717, 1.165) is 12.1 Å². The number of nitriles is 1. The molecule has 2 aromatic rings. The van der Waals surface area contributed by atoms with Gasteiger partial charge < -0.3 is 15.0 Å². The van der Waals surface area contributed by atoms with E-state index in [9.17, 15) is 14.9 Å².